The van der Waals surface area contributed by atoms with Gasteiger partial charge in [0.25, 0.3) is 5.91 Å². The molecule has 158 valence electrons. The van der Waals surface area contributed by atoms with Crippen molar-refractivity contribution in [1.29, 1.82) is 0 Å². The number of nitrogens with two attached hydrogens (primary N) is 1. The van der Waals surface area contributed by atoms with Crippen LogP contribution in [0.4, 0.5) is 0 Å². The van der Waals surface area contributed by atoms with E-state index in [1.807, 2.05) is 7.05 Å². The molecule has 0 saturated heterocycles. The van der Waals surface area contributed by atoms with E-state index in [2.05, 4.69) is 25.8 Å². The lowest BCUT2D eigenvalue weighted by atomic mass is 9.82. The third kappa shape index (κ3) is 5.09. The van der Waals surface area contributed by atoms with Crippen LogP contribution in [0, 0.1) is 5.92 Å². The first-order valence-corrected chi connectivity index (χ1v) is 10.8. The Labute approximate surface area is 178 Å². The summed E-state index contributed by atoms with van der Waals surface area (Å²) in [6.07, 6.45) is 2.71. The summed E-state index contributed by atoms with van der Waals surface area (Å²) in [7, 11) is 3.81. The number of thiazole rings is 1. The molecule has 1 aliphatic heterocycles. The molecule has 0 spiro atoms. The van der Waals surface area contributed by atoms with Crippen LogP contribution in [0.3, 0.4) is 0 Å². The van der Waals surface area contributed by atoms with Crippen LogP contribution >= 0.6 is 23.6 Å². The normalized spacial score (nSPS) is 24.3. The van der Waals surface area contributed by atoms with Gasteiger partial charge in [-0.05, 0) is 26.3 Å². The number of nitrogens with zero attached hydrogens (tertiary/aromatic N) is 2. The maximum atomic E-state index is 12.9. The predicted molar refractivity (Wildman–Crippen MR) is 114 cm³/mol. The molecule has 1 aliphatic carbocycles. The summed E-state index contributed by atoms with van der Waals surface area (Å²) in [5, 5.41) is 9.06. The summed E-state index contributed by atoms with van der Waals surface area (Å²) < 4.78 is 0. The lowest BCUT2D eigenvalue weighted by molar-refractivity contribution is -0.138. The summed E-state index contributed by atoms with van der Waals surface area (Å²) in [5.74, 6) is -2.08. The van der Waals surface area contributed by atoms with Crippen molar-refractivity contribution in [1.82, 2.24) is 25.8 Å². The van der Waals surface area contributed by atoms with Gasteiger partial charge in [-0.3, -0.25) is 14.4 Å². The highest BCUT2D eigenvalue weighted by Gasteiger charge is 2.35. The average molecular weight is 439 g/mol. The number of thiocarbonyl (C=S) groups is 1. The van der Waals surface area contributed by atoms with E-state index < -0.39 is 17.9 Å². The monoisotopic (exact) mass is 438 g/mol. The number of carbonyl (C=O) groups is 3. The number of nitrogens with one attached hydrogen (secondary N) is 3. The number of primary amides is 1. The minimum absolute atomic E-state index is 0.0835. The Morgan fingerprint density at radius 3 is 2.69 bits per heavy atom. The van der Waals surface area contributed by atoms with Gasteiger partial charge in [0.15, 0.2) is 5.01 Å². The first kappa shape index (κ1) is 21.6. The van der Waals surface area contributed by atoms with Crippen LogP contribution in [0.2, 0.25) is 0 Å². The lowest BCUT2D eigenvalue weighted by Crippen LogP contribution is -2.57. The molecule has 3 amide bonds. The third-order valence-corrected chi connectivity index (χ3v) is 7.06. The molecule has 0 bridgehead atoms. The molecule has 0 radical (unpaired) electrons. The van der Waals surface area contributed by atoms with Crippen molar-refractivity contribution in [2.75, 3.05) is 20.6 Å². The first-order chi connectivity index (χ1) is 13.8. The molecule has 3 rings (SSSR count). The van der Waals surface area contributed by atoms with Crippen LogP contribution in [0.1, 0.15) is 39.6 Å². The highest BCUT2D eigenvalue weighted by molar-refractivity contribution is 7.80. The molecule has 1 aromatic heterocycles. The van der Waals surface area contributed by atoms with Gasteiger partial charge in [-0.15, -0.1) is 11.3 Å². The Balaban J connectivity index is 1.73. The van der Waals surface area contributed by atoms with Crippen molar-refractivity contribution in [3.8, 4) is 0 Å². The van der Waals surface area contributed by atoms with Crippen LogP contribution in [-0.4, -0.2) is 65.3 Å². The van der Waals surface area contributed by atoms with Crippen LogP contribution in [0.15, 0.2) is 0 Å². The molecule has 0 unspecified atom stereocenters. The highest BCUT2D eigenvalue weighted by atomic mass is 32.1. The Morgan fingerprint density at radius 1 is 1.24 bits per heavy atom. The van der Waals surface area contributed by atoms with Crippen molar-refractivity contribution in [3.05, 3.63) is 15.6 Å². The van der Waals surface area contributed by atoms with E-state index in [-0.39, 0.29) is 17.9 Å². The van der Waals surface area contributed by atoms with Gasteiger partial charge in [-0.1, -0.05) is 12.2 Å². The zero-order valence-electron chi connectivity index (χ0n) is 16.5. The fourth-order valence-electron chi connectivity index (χ4n) is 3.84. The number of rotatable bonds is 4. The minimum atomic E-state index is -1.04. The molecule has 5 N–H and O–H groups in total. The van der Waals surface area contributed by atoms with Gasteiger partial charge < -0.3 is 26.6 Å². The predicted octanol–water partition coefficient (Wildman–Crippen LogP) is -0.454. The van der Waals surface area contributed by atoms with E-state index in [1.165, 1.54) is 11.3 Å². The fraction of sp³-hybridized carbons (Fsp3) is 0.611. The zero-order valence-corrected chi connectivity index (χ0v) is 18.1. The SMILES string of the molecule is CNC(=S)[C@H]1CC[C@H](NC(=O)C(N)=O)[C@H](NC(=O)c2nc3c(s2)CN(C)CC3)C1. The maximum Gasteiger partial charge on any atom is 0.309 e. The van der Waals surface area contributed by atoms with E-state index in [0.717, 1.165) is 41.5 Å². The smallest absolute Gasteiger partial charge is 0.309 e. The van der Waals surface area contributed by atoms with E-state index in [9.17, 15) is 14.4 Å². The summed E-state index contributed by atoms with van der Waals surface area (Å²) in [5.41, 5.74) is 6.05. The molecule has 2 heterocycles. The quantitative estimate of drug-likeness (QED) is 0.370. The van der Waals surface area contributed by atoms with Crippen molar-refractivity contribution < 1.29 is 14.4 Å². The Kier molecular flexibility index (Phi) is 6.81. The van der Waals surface area contributed by atoms with Gasteiger partial charge in [-0.2, -0.15) is 0 Å². The molecule has 29 heavy (non-hydrogen) atoms. The topological polar surface area (TPSA) is 129 Å². The Bertz CT molecular complexity index is 827. The van der Waals surface area contributed by atoms with E-state index >= 15 is 0 Å². The number of amides is 3. The van der Waals surface area contributed by atoms with E-state index in [1.54, 1.807) is 7.05 Å². The summed E-state index contributed by atoms with van der Waals surface area (Å²) >= 11 is 6.78. The summed E-state index contributed by atoms with van der Waals surface area (Å²) in [4.78, 5) is 44.4. The molecule has 1 aromatic rings. The fourth-order valence-corrected chi connectivity index (χ4v) is 5.14. The van der Waals surface area contributed by atoms with E-state index in [4.69, 9.17) is 18.0 Å². The third-order valence-electron chi connectivity index (χ3n) is 5.44. The molecular formula is C18H26N6O3S2. The van der Waals surface area contributed by atoms with Crippen molar-refractivity contribution in [3.63, 3.8) is 0 Å². The molecule has 1 saturated carbocycles. The number of hydrogen-bond acceptors (Lipinski definition) is 7. The van der Waals surface area contributed by atoms with Crippen molar-refractivity contribution in [2.45, 2.75) is 44.3 Å². The number of carbonyl (C=O) groups excluding carboxylic acids is 3. The summed E-state index contributed by atoms with van der Waals surface area (Å²) in [6, 6.07) is -0.768. The molecule has 1 fully saturated rings. The summed E-state index contributed by atoms with van der Waals surface area (Å²) in [6.45, 7) is 1.71. The molecule has 11 heteroatoms. The molecule has 0 aromatic carbocycles. The molecule has 2 aliphatic rings. The number of aromatic nitrogens is 1. The van der Waals surface area contributed by atoms with Gasteiger partial charge in [0.1, 0.15) is 0 Å². The first-order valence-electron chi connectivity index (χ1n) is 9.58. The van der Waals surface area contributed by atoms with Crippen LogP contribution in [-0.2, 0) is 22.6 Å². The average Bonchev–Trinajstić information content (AvgIpc) is 3.11. The highest BCUT2D eigenvalue weighted by Crippen LogP contribution is 2.28. The van der Waals surface area contributed by atoms with Gasteiger partial charge in [-0.25, -0.2) is 4.98 Å². The maximum absolute atomic E-state index is 12.9. The molecule has 9 nitrogen and oxygen atoms in total. The van der Waals surface area contributed by atoms with E-state index in [0.29, 0.717) is 17.8 Å². The van der Waals surface area contributed by atoms with Crippen molar-refractivity contribution in [2.24, 2.45) is 11.7 Å². The van der Waals surface area contributed by atoms with Crippen LogP contribution in [0.5, 0.6) is 0 Å². The standard InChI is InChI=1S/C18H26N6O3S2/c1-20-17(28)9-3-4-10(21-15(26)14(19)25)12(7-9)22-16(27)18-23-11-5-6-24(2)8-13(11)29-18/h9-10,12H,3-8H2,1-2H3,(H2,19,25)(H,20,28)(H,21,26)(H,22,27)/t9-,10-,12+/m0/s1. The van der Waals surface area contributed by atoms with Gasteiger partial charge in [0.2, 0.25) is 0 Å². The van der Waals surface area contributed by atoms with Crippen LogP contribution < -0.4 is 21.7 Å². The Hall–Kier alpha value is -2.11. The minimum Gasteiger partial charge on any atom is -0.383 e. The van der Waals surface area contributed by atoms with Gasteiger partial charge >= 0.3 is 11.8 Å². The Morgan fingerprint density at radius 2 is 2.00 bits per heavy atom. The largest absolute Gasteiger partial charge is 0.383 e. The molecule has 3 atom stereocenters. The van der Waals surface area contributed by atoms with Gasteiger partial charge in [0.05, 0.1) is 16.7 Å². The van der Waals surface area contributed by atoms with Gasteiger partial charge in [0, 0.05) is 43.4 Å². The second-order valence-corrected chi connectivity index (χ2v) is 9.05. The number of likely N-dealkylation sites (N-methyl/N-ethyl adjacent to an activating group) is 1. The number of fused-ring (bicyclic) bond motifs is 1. The van der Waals surface area contributed by atoms with Crippen molar-refractivity contribution >= 4 is 46.3 Å². The zero-order chi connectivity index (χ0) is 21.1. The van der Waals surface area contributed by atoms with Crippen LogP contribution in [0.25, 0.3) is 0 Å². The molecular weight excluding hydrogens is 412 g/mol. The second-order valence-electron chi connectivity index (χ2n) is 7.53. The second kappa shape index (κ2) is 9.14. The lowest BCUT2D eigenvalue weighted by Gasteiger charge is -2.36. The number of hydrogen-bond donors (Lipinski definition) is 4.